The summed E-state index contributed by atoms with van der Waals surface area (Å²) in [4.78, 5) is 15.2. The number of aliphatic hydroxyl groups excluding tert-OH is 2. The molecule has 1 aliphatic heterocycles. The number of phenolic OH excluding ortho intramolecular Hbond substituents is 1. The Hall–Kier alpha value is -3.23. The number of ether oxygens (including phenoxy) is 1. The van der Waals surface area contributed by atoms with Crippen LogP contribution in [0.5, 0.6) is 11.8 Å². The molecule has 0 bridgehead atoms. The van der Waals surface area contributed by atoms with E-state index in [4.69, 9.17) is 9.84 Å². The van der Waals surface area contributed by atoms with Crippen LogP contribution in [-0.2, 0) is 13.0 Å². The van der Waals surface area contributed by atoms with Crippen molar-refractivity contribution >= 4 is 5.95 Å². The van der Waals surface area contributed by atoms with Crippen molar-refractivity contribution in [1.82, 2.24) is 15.0 Å². The highest BCUT2D eigenvalue weighted by Gasteiger charge is 2.28. The molecule has 2 heterocycles. The van der Waals surface area contributed by atoms with Crippen LogP contribution in [0.25, 0.3) is 11.4 Å². The number of hydrogen-bond donors (Lipinski definition) is 3. The molecule has 0 spiro atoms. The highest BCUT2D eigenvalue weighted by atomic mass is 16.5. The third kappa shape index (κ3) is 4.13. The Labute approximate surface area is 168 Å². The van der Waals surface area contributed by atoms with E-state index in [2.05, 4.69) is 27.1 Å². The van der Waals surface area contributed by atoms with E-state index in [1.165, 1.54) is 5.56 Å². The molecule has 29 heavy (non-hydrogen) atoms. The number of benzene rings is 2. The molecule has 2 aromatic carbocycles. The highest BCUT2D eigenvalue weighted by Crippen LogP contribution is 2.29. The monoisotopic (exact) mass is 394 g/mol. The minimum atomic E-state index is -0.185. The summed E-state index contributed by atoms with van der Waals surface area (Å²) >= 11 is 0. The topological polar surface area (TPSA) is 112 Å². The van der Waals surface area contributed by atoms with E-state index in [1.54, 1.807) is 24.3 Å². The van der Waals surface area contributed by atoms with E-state index < -0.39 is 0 Å². The van der Waals surface area contributed by atoms with Crippen LogP contribution >= 0.6 is 0 Å². The van der Waals surface area contributed by atoms with Crippen molar-refractivity contribution in [2.45, 2.75) is 19.0 Å². The summed E-state index contributed by atoms with van der Waals surface area (Å²) in [5.74, 6) is 0.816. The second-order valence-electron chi connectivity index (χ2n) is 6.80. The molecule has 0 saturated heterocycles. The molecule has 0 unspecified atom stereocenters. The summed E-state index contributed by atoms with van der Waals surface area (Å²) in [5.41, 5.74) is 2.96. The standard InChI is InChI=1S/C21H22N4O4/c26-8-9-29-21-23-19(15-6-3-7-18(28)11-15)22-20(24-21)25-12-16-5-2-1-4-14(16)10-17(25)13-27/h1-7,11,17,26-28H,8-10,12-13H2/t17-/m1/s1. The maximum absolute atomic E-state index is 9.97. The van der Waals surface area contributed by atoms with Crippen LogP contribution in [0.1, 0.15) is 11.1 Å². The summed E-state index contributed by atoms with van der Waals surface area (Å²) in [6, 6.07) is 14.6. The molecular formula is C21H22N4O4. The van der Waals surface area contributed by atoms with Crippen LogP contribution in [0, 0.1) is 0 Å². The van der Waals surface area contributed by atoms with Gasteiger partial charge in [0.15, 0.2) is 5.82 Å². The van der Waals surface area contributed by atoms with Gasteiger partial charge in [0.25, 0.3) is 0 Å². The second-order valence-corrected chi connectivity index (χ2v) is 6.80. The number of nitrogens with zero attached hydrogens (tertiary/aromatic N) is 4. The van der Waals surface area contributed by atoms with Gasteiger partial charge in [-0.05, 0) is 29.7 Å². The number of phenols is 1. The van der Waals surface area contributed by atoms with E-state index in [0.717, 1.165) is 5.56 Å². The van der Waals surface area contributed by atoms with Crippen molar-refractivity contribution in [2.75, 3.05) is 24.7 Å². The smallest absolute Gasteiger partial charge is 0.321 e. The number of fused-ring (bicyclic) bond motifs is 1. The van der Waals surface area contributed by atoms with Gasteiger partial charge in [0.1, 0.15) is 12.4 Å². The molecule has 3 N–H and O–H groups in total. The Kier molecular flexibility index (Phi) is 5.55. The first-order valence-corrected chi connectivity index (χ1v) is 9.41. The molecule has 8 heteroatoms. The molecule has 0 radical (unpaired) electrons. The van der Waals surface area contributed by atoms with Gasteiger partial charge in [-0.15, -0.1) is 0 Å². The van der Waals surface area contributed by atoms with Gasteiger partial charge in [-0.2, -0.15) is 15.0 Å². The van der Waals surface area contributed by atoms with Crippen LogP contribution in [0.15, 0.2) is 48.5 Å². The number of anilines is 1. The normalized spacial score (nSPS) is 15.8. The first-order valence-electron chi connectivity index (χ1n) is 9.41. The third-order valence-corrected chi connectivity index (χ3v) is 4.85. The Bertz CT molecular complexity index is 998. The van der Waals surface area contributed by atoms with Crippen LogP contribution in [-0.4, -0.2) is 56.1 Å². The minimum absolute atomic E-state index is 0.0473. The molecule has 0 aliphatic carbocycles. The van der Waals surface area contributed by atoms with Crippen molar-refractivity contribution in [3.63, 3.8) is 0 Å². The van der Waals surface area contributed by atoms with Crippen molar-refractivity contribution in [1.29, 1.82) is 0 Å². The lowest BCUT2D eigenvalue weighted by Gasteiger charge is -2.36. The maximum Gasteiger partial charge on any atom is 0.321 e. The lowest BCUT2D eigenvalue weighted by atomic mass is 9.94. The lowest BCUT2D eigenvalue weighted by Crippen LogP contribution is -2.44. The van der Waals surface area contributed by atoms with Gasteiger partial charge < -0.3 is 25.0 Å². The Morgan fingerprint density at radius 3 is 2.59 bits per heavy atom. The van der Waals surface area contributed by atoms with E-state index in [9.17, 15) is 10.2 Å². The largest absolute Gasteiger partial charge is 0.508 e. The third-order valence-electron chi connectivity index (χ3n) is 4.85. The zero-order valence-corrected chi connectivity index (χ0v) is 15.8. The van der Waals surface area contributed by atoms with Crippen molar-refractivity contribution in [3.8, 4) is 23.1 Å². The van der Waals surface area contributed by atoms with Crippen molar-refractivity contribution in [2.24, 2.45) is 0 Å². The summed E-state index contributed by atoms with van der Waals surface area (Å²) in [6.07, 6.45) is 0.673. The molecule has 1 aromatic heterocycles. The molecule has 1 atom stereocenters. The van der Waals surface area contributed by atoms with Crippen molar-refractivity contribution in [3.05, 3.63) is 59.7 Å². The van der Waals surface area contributed by atoms with E-state index in [1.807, 2.05) is 17.0 Å². The molecule has 1 aliphatic rings. The molecule has 3 aromatic rings. The van der Waals surface area contributed by atoms with Gasteiger partial charge in [-0.1, -0.05) is 36.4 Å². The van der Waals surface area contributed by atoms with Gasteiger partial charge in [0.05, 0.1) is 19.3 Å². The Morgan fingerprint density at radius 1 is 1.00 bits per heavy atom. The lowest BCUT2D eigenvalue weighted by molar-refractivity contribution is 0.191. The number of hydrogen-bond acceptors (Lipinski definition) is 8. The van der Waals surface area contributed by atoms with Crippen molar-refractivity contribution < 1.29 is 20.1 Å². The molecule has 0 saturated carbocycles. The molecule has 0 fully saturated rings. The van der Waals surface area contributed by atoms with Crippen LogP contribution in [0.4, 0.5) is 5.95 Å². The Morgan fingerprint density at radius 2 is 1.83 bits per heavy atom. The van der Waals surface area contributed by atoms with Crippen LogP contribution in [0.2, 0.25) is 0 Å². The number of aliphatic hydroxyl groups is 2. The molecular weight excluding hydrogens is 372 g/mol. The number of aromatic hydroxyl groups is 1. The summed E-state index contributed by atoms with van der Waals surface area (Å²) < 4.78 is 5.45. The van der Waals surface area contributed by atoms with Crippen LogP contribution < -0.4 is 9.64 Å². The average molecular weight is 394 g/mol. The fraction of sp³-hybridized carbons (Fsp3) is 0.286. The highest BCUT2D eigenvalue weighted by molar-refractivity contribution is 5.59. The number of aromatic nitrogens is 3. The second kappa shape index (κ2) is 8.42. The predicted octanol–water partition coefficient (Wildman–Crippen LogP) is 1.54. The molecule has 150 valence electrons. The number of rotatable bonds is 6. The first kappa shape index (κ1) is 19.1. The zero-order valence-electron chi connectivity index (χ0n) is 15.8. The fourth-order valence-corrected chi connectivity index (χ4v) is 3.43. The van der Waals surface area contributed by atoms with E-state index >= 15 is 0 Å². The van der Waals surface area contributed by atoms with Gasteiger partial charge in [0.2, 0.25) is 5.95 Å². The van der Waals surface area contributed by atoms with E-state index in [0.29, 0.717) is 30.3 Å². The maximum atomic E-state index is 9.97. The molecule has 8 nitrogen and oxygen atoms in total. The fourth-order valence-electron chi connectivity index (χ4n) is 3.43. The Balaban J connectivity index is 1.76. The predicted molar refractivity (Wildman–Crippen MR) is 107 cm³/mol. The van der Waals surface area contributed by atoms with Gasteiger partial charge in [-0.3, -0.25) is 0 Å². The summed E-state index contributed by atoms with van der Waals surface area (Å²) in [7, 11) is 0. The quantitative estimate of drug-likeness (QED) is 0.577. The zero-order chi connectivity index (χ0) is 20.2. The SMILES string of the molecule is OCCOc1nc(-c2cccc(O)c2)nc(N2Cc3ccccc3C[C@@H]2CO)n1. The van der Waals surface area contributed by atoms with E-state index in [-0.39, 0.29) is 37.6 Å². The summed E-state index contributed by atoms with van der Waals surface area (Å²) in [5, 5.41) is 28.9. The van der Waals surface area contributed by atoms with Crippen LogP contribution in [0.3, 0.4) is 0 Å². The van der Waals surface area contributed by atoms with Gasteiger partial charge in [0, 0.05) is 12.1 Å². The molecule has 4 rings (SSSR count). The van der Waals surface area contributed by atoms with Gasteiger partial charge in [-0.25, -0.2) is 0 Å². The average Bonchev–Trinajstić information content (AvgIpc) is 2.76. The minimum Gasteiger partial charge on any atom is -0.508 e. The van der Waals surface area contributed by atoms with Gasteiger partial charge >= 0.3 is 6.01 Å². The summed E-state index contributed by atoms with van der Waals surface area (Å²) in [6.45, 7) is 0.382. The molecule has 0 amide bonds. The first-order chi connectivity index (χ1) is 14.2.